The van der Waals surface area contributed by atoms with E-state index in [0.29, 0.717) is 0 Å². The quantitative estimate of drug-likeness (QED) is 0.224. The molecule has 3 aromatic rings. The Morgan fingerprint density at radius 2 is 1.85 bits per heavy atom. The first-order valence-electron chi connectivity index (χ1n) is 9.06. The lowest BCUT2D eigenvalue weighted by Crippen LogP contribution is -2.16. The molecule has 1 amide bonds. The zero-order chi connectivity index (χ0) is 19.2. The van der Waals surface area contributed by atoms with Gasteiger partial charge in [0.15, 0.2) is 0 Å². The van der Waals surface area contributed by atoms with Crippen LogP contribution in [0.1, 0.15) is 27.9 Å². The van der Waals surface area contributed by atoms with Crippen molar-refractivity contribution in [3.05, 3.63) is 76.5 Å². The Morgan fingerprint density at radius 3 is 2.59 bits per heavy atom. The van der Waals surface area contributed by atoms with Crippen molar-refractivity contribution >= 4 is 22.9 Å². The van der Waals surface area contributed by atoms with Gasteiger partial charge in [-0.25, -0.2) is 5.48 Å². The van der Waals surface area contributed by atoms with Crippen LogP contribution in [-0.4, -0.2) is 22.6 Å². The van der Waals surface area contributed by atoms with Crippen LogP contribution in [-0.2, 0) is 17.8 Å². The molecule has 0 aliphatic heterocycles. The molecule has 2 aromatic carbocycles. The lowest BCUT2D eigenvalue weighted by atomic mass is 10.1. The van der Waals surface area contributed by atoms with Crippen LogP contribution in [0, 0.1) is 13.8 Å². The number of amides is 1. The van der Waals surface area contributed by atoms with Crippen molar-refractivity contribution in [1.29, 1.82) is 0 Å². The van der Waals surface area contributed by atoms with Crippen LogP contribution in [0.5, 0.6) is 0 Å². The molecule has 0 spiro atoms. The van der Waals surface area contributed by atoms with Gasteiger partial charge in [-0.3, -0.25) is 10.0 Å². The van der Waals surface area contributed by atoms with Gasteiger partial charge in [0.2, 0.25) is 0 Å². The topological polar surface area (TPSA) is 77.2 Å². The average molecular weight is 363 g/mol. The van der Waals surface area contributed by atoms with Crippen LogP contribution in [0.25, 0.3) is 17.0 Å². The summed E-state index contributed by atoms with van der Waals surface area (Å²) < 4.78 is 0. The number of aromatic nitrogens is 1. The first-order valence-corrected chi connectivity index (χ1v) is 9.06. The summed E-state index contributed by atoms with van der Waals surface area (Å²) in [6.07, 6.45) is 3.92. The van der Waals surface area contributed by atoms with Crippen LogP contribution in [0.15, 0.2) is 48.5 Å². The second kappa shape index (κ2) is 8.66. The predicted octanol–water partition coefficient (Wildman–Crippen LogP) is 3.64. The number of aryl methyl sites for hydroxylation is 2. The molecule has 1 heterocycles. The van der Waals surface area contributed by atoms with E-state index < -0.39 is 5.91 Å². The monoisotopic (exact) mass is 363 g/mol. The first kappa shape index (κ1) is 18.9. The van der Waals surface area contributed by atoms with Gasteiger partial charge >= 0.3 is 0 Å². The van der Waals surface area contributed by atoms with Gasteiger partial charge in [0.1, 0.15) is 0 Å². The first-order chi connectivity index (χ1) is 13.1. The molecule has 5 nitrogen and oxygen atoms in total. The van der Waals surface area contributed by atoms with E-state index in [9.17, 15) is 4.79 Å². The molecule has 3 rings (SSSR count). The third-order valence-corrected chi connectivity index (χ3v) is 4.81. The van der Waals surface area contributed by atoms with Gasteiger partial charge in [0.25, 0.3) is 5.91 Å². The maximum absolute atomic E-state index is 11.0. The van der Waals surface area contributed by atoms with Gasteiger partial charge < -0.3 is 10.3 Å². The Morgan fingerprint density at radius 1 is 1.11 bits per heavy atom. The largest absolute Gasteiger partial charge is 0.358 e. The summed E-state index contributed by atoms with van der Waals surface area (Å²) in [7, 11) is 0. The van der Waals surface area contributed by atoms with Crippen LogP contribution in [0.2, 0.25) is 0 Å². The predicted molar refractivity (Wildman–Crippen MR) is 109 cm³/mol. The number of nitrogens with one attached hydrogen (secondary N) is 3. The van der Waals surface area contributed by atoms with E-state index in [1.54, 1.807) is 11.6 Å². The minimum absolute atomic E-state index is 0.538. The molecular formula is C22H25N3O2. The number of hydroxylamine groups is 1. The van der Waals surface area contributed by atoms with Crippen molar-refractivity contribution < 1.29 is 10.0 Å². The molecule has 140 valence electrons. The maximum Gasteiger partial charge on any atom is 0.267 e. The maximum atomic E-state index is 11.0. The van der Waals surface area contributed by atoms with E-state index in [4.69, 9.17) is 5.21 Å². The third-order valence-electron chi connectivity index (χ3n) is 4.81. The fourth-order valence-electron chi connectivity index (χ4n) is 3.10. The molecule has 0 fully saturated rings. The summed E-state index contributed by atoms with van der Waals surface area (Å²) >= 11 is 0. The SMILES string of the molecule is Cc1[nH]c2cc(CCNCc3ccc(/C=C/C(=O)NO)cc3)ccc2c1C. The van der Waals surface area contributed by atoms with Gasteiger partial charge in [-0.1, -0.05) is 36.4 Å². The molecule has 0 saturated heterocycles. The van der Waals surface area contributed by atoms with Crippen LogP contribution in [0.3, 0.4) is 0 Å². The molecular weight excluding hydrogens is 338 g/mol. The molecule has 4 N–H and O–H groups in total. The number of rotatable bonds is 7. The Hall–Kier alpha value is -2.89. The summed E-state index contributed by atoms with van der Waals surface area (Å²) in [5.41, 5.74) is 8.75. The number of carbonyl (C=O) groups excluding carboxylic acids is 1. The smallest absolute Gasteiger partial charge is 0.267 e. The minimum atomic E-state index is -0.538. The number of carbonyl (C=O) groups is 1. The molecule has 0 saturated carbocycles. The summed E-state index contributed by atoms with van der Waals surface area (Å²) in [5.74, 6) is -0.538. The van der Waals surface area contributed by atoms with Crippen molar-refractivity contribution in [3.63, 3.8) is 0 Å². The summed E-state index contributed by atoms with van der Waals surface area (Å²) in [4.78, 5) is 14.4. The summed E-state index contributed by atoms with van der Waals surface area (Å²) in [6.45, 7) is 5.96. The molecule has 0 bridgehead atoms. The average Bonchev–Trinajstić information content (AvgIpc) is 2.97. The fourth-order valence-corrected chi connectivity index (χ4v) is 3.10. The number of H-pyrrole nitrogens is 1. The summed E-state index contributed by atoms with van der Waals surface area (Å²) in [6, 6.07) is 14.6. The number of benzene rings is 2. The van der Waals surface area contributed by atoms with Crippen LogP contribution < -0.4 is 10.8 Å². The third kappa shape index (κ3) is 4.84. The lowest BCUT2D eigenvalue weighted by Gasteiger charge is -2.06. The molecule has 0 aliphatic carbocycles. The van der Waals surface area contributed by atoms with E-state index in [0.717, 1.165) is 25.1 Å². The molecule has 0 unspecified atom stereocenters. The second-order valence-electron chi connectivity index (χ2n) is 6.73. The Labute approximate surface area is 159 Å². The van der Waals surface area contributed by atoms with Crippen molar-refractivity contribution in [3.8, 4) is 0 Å². The molecule has 1 aromatic heterocycles. The van der Waals surface area contributed by atoms with Crippen molar-refractivity contribution in [2.45, 2.75) is 26.8 Å². The normalized spacial score (nSPS) is 11.4. The highest BCUT2D eigenvalue weighted by Gasteiger charge is 2.04. The van der Waals surface area contributed by atoms with E-state index in [1.165, 1.54) is 39.4 Å². The van der Waals surface area contributed by atoms with E-state index in [1.807, 2.05) is 24.3 Å². The standard InChI is InChI=1S/C22H25N3O2/c1-15-16(2)24-21-13-18(7-9-20(15)21)11-12-23-14-19-5-3-17(4-6-19)8-10-22(26)25-27/h3-10,13,23-24,27H,11-12,14H2,1-2H3,(H,25,26)/b10-8+. The zero-order valence-electron chi connectivity index (χ0n) is 15.7. The molecule has 0 atom stereocenters. The lowest BCUT2D eigenvalue weighted by molar-refractivity contribution is -0.124. The van der Waals surface area contributed by atoms with Gasteiger partial charge in [0.05, 0.1) is 0 Å². The molecule has 0 aliphatic rings. The number of hydrogen-bond donors (Lipinski definition) is 4. The van der Waals surface area contributed by atoms with Crippen LogP contribution >= 0.6 is 0 Å². The van der Waals surface area contributed by atoms with E-state index in [2.05, 4.69) is 42.3 Å². The van der Waals surface area contributed by atoms with E-state index >= 15 is 0 Å². The van der Waals surface area contributed by atoms with Gasteiger partial charge in [-0.2, -0.15) is 0 Å². The summed E-state index contributed by atoms with van der Waals surface area (Å²) in [5, 5.41) is 13.2. The highest BCUT2D eigenvalue weighted by Crippen LogP contribution is 2.22. The Bertz CT molecular complexity index is 956. The van der Waals surface area contributed by atoms with Crippen molar-refractivity contribution in [2.24, 2.45) is 0 Å². The fraction of sp³-hybridized carbons (Fsp3) is 0.227. The van der Waals surface area contributed by atoms with Crippen LogP contribution in [0.4, 0.5) is 0 Å². The minimum Gasteiger partial charge on any atom is -0.358 e. The van der Waals surface area contributed by atoms with Gasteiger partial charge in [-0.15, -0.1) is 0 Å². The number of aromatic amines is 1. The molecule has 0 radical (unpaired) electrons. The Kier molecular flexibility index (Phi) is 6.06. The van der Waals surface area contributed by atoms with Crippen molar-refractivity contribution in [1.82, 2.24) is 15.8 Å². The molecule has 5 heteroatoms. The number of hydrogen-bond acceptors (Lipinski definition) is 3. The Balaban J connectivity index is 1.48. The van der Waals surface area contributed by atoms with Crippen molar-refractivity contribution in [2.75, 3.05) is 6.54 Å². The second-order valence-corrected chi connectivity index (χ2v) is 6.73. The van der Waals surface area contributed by atoms with E-state index in [-0.39, 0.29) is 0 Å². The highest BCUT2D eigenvalue weighted by molar-refractivity contribution is 5.90. The van der Waals surface area contributed by atoms with Gasteiger partial charge in [-0.05, 0) is 61.2 Å². The molecule has 27 heavy (non-hydrogen) atoms. The zero-order valence-corrected chi connectivity index (χ0v) is 15.7. The highest BCUT2D eigenvalue weighted by atomic mass is 16.5. The number of fused-ring (bicyclic) bond motifs is 1. The van der Waals surface area contributed by atoms with Gasteiger partial charge in [0, 0.05) is 29.2 Å².